The molecule has 0 atom stereocenters. The molecule has 7 nitrogen and oxygen atoms in total. The maximum Gasteiger partial charge on any atom is 0.200 e. The molecule has 158 valence electrons. The van der Waals surface area contributed by atoms with Gasteiger partial charge in [-0.05, 0) is 39.3 Å². The predicted octanol–water partition coefficient (Wildman–Crippen LogP) is 1.89. The molecule has 0 aromatic heterocycles. The molecule has 0 bridgehead atoms. The zero-order valence-electron chi connectivity index (χ0n) is 17.7. The highest BCUT2D eigenvalue weighted by Gasteiger charge is 2.37. The number of ketones is 2. The van der Waals surface area contributed by atoms with Gasteiger partial charge in [0, 0.05) is 56.2 Å². The molecule has 7 heteroatoms. The molecule has 0 amide bonds. The van der Waals surface area contributed by atoms with Crippen molar-refractivity contribution < 1.29 is 14.7 Å². The fourth-order valence-electron chi connectivity index (χ4n) is 4.16. The Morgan fingerprint density at radius 2 is 1.70 bits per heavy atom. The molecule has 1 aliphatic heterocycles. The number of fused-ring (bicyclic) bond motifs is 2. The Balaban J connectivity index is 1.76. The van der Waals surface area contributed by atoms with Crippen molar-refractivity contribution in [3.8, 4) is 5.75 Å². The molecule has 30 heavy (non-hydrogen) atoms. The van der Waals surface area contributed by atoms with E-state index in [1.165, 1.54) is 6.07 Å². The molecule has 0 radical (unpaired) electrons. The number of hydrogen-bond donors (Lipinski definition) is 2. The number of carbonyl (C=O) groups is 2. The number of rotatable bonds is 5. The van der Waals surface area contributed by atoms with Gasteiger partial charge in [0.1, 0.15) is 5.75 Å². The Morgan fingerprint density at radius 3 is 2.40 bits per heavy atom. The van der Waals surface area contributed by atoms with Crippen molar-refractivity contribution >= 4 is 22.9 Å². The van der Waals surface area contributed by atoms with E-state index in [0.29, 0.717) is 23.4 Å². The number of phenolic OH excluding ortho intramolecular Hbond substituents is 1. The first-order chi connectivity index (χ1) is 14.4. The van der Waals surface area contributed by atoms with E-state index in [9.17, 15) is 14.7 Å². The minimum atomic E-state index is -0.289. The van der Waals surface area contributed by atoms with Gasteiger partial charge < -0.3 is 25.1 Å². The van der Waals surface area contributed by atoms with Crippen LogP contribution in [0.1, 0.15) is 31.8 Å². The van der Waals surface area contributed by atoms with Crippen LogP contribution in [0.15, 0.2) is 30.3 Å². The minimum absolute atomic E-state index is 0.101. The average Bonchev–Trinajstić information content (AvgIpc) is 2.72. The summed E-state index contributed by atoms with van der Waals surface area (Å²) in [6, 6.07) is 8.61. The van der Waals surface area contributed by atoms with E-state index in [-0.39, 0.29) is 28.4 Å². The summed E-state index contributed by atoms with van der Waals surface area (Å²) < 4.78 is 0. The molecule has 2 N–H and O–H groups in total. The number of carbonyl (C=O) groups excluding carboxylic acids is 2. The lowest BCUT2D eigenvalue weighted by atomic mass is 9.81. The van der Waals surface area contributed by atoms with Crippen LogP contribution in [-0.4, -0.2) is 86.9 Å². The third-order valence-electron chi connectivity index (χ3n) is 5.87. The van der Waals surface area contributed by atoms with Crippen LogP contribution in [0, 0.1) is 0 Å². The summed E-state index contributed by atoms with van der Waals surface area (Å²) in [6.07, 6.45) is 0. The lowest BCUT2D eigenvalue weighted by Gasteiger charge is -2.36. The van der Waals surface area contributed by atoms with Gasteiger partial charge in [-0.25, -0.2) is 0 Å². The van der Waals surface area contributed by atoms with Gasteiger partial charge in [-0.2, -0.15) is 0 Å². The molecular weight excluding hydrogens is 380 g/mol. The van der Waals surface area contributed by atoms with E-state index in [1.54, 1.807) is 12.1 Å². The Labute approximate surface area is 176 Å². The third-order valence-corrected chi connectivity index (χ3v) is 5.87. The molecule has 2 aromatic carbocycles. The lowest BCUT2D eigenvalue weighted by Crippen LogP contribution is -2.45. The summed E-state index contributed by atoms with van der Waals surface area (Å²) in [5.41, 5.74) is 2.53. The highest BCUT2D eigenvalue weighted by atomic mass is 16.3. The first kappa shape index (κ1) is 20.4. The van der Waals surface area contributed by atoms with E-state index in [0.717, 1.165) is 38.4 Å². The highest BCUT2D eigenvalue weighted by molar-refractivity contribution is 6.32. The molecule has 0 saturated carbocycles. The van der Waals surface area contributed by atoms with Crippen molar-refractivity contribution in [2.24, 2.45) is 0 Å². The maximum absolute atomic E-state index is 13.6. The molecular formula is C23H28N4O3. The molecule has 0 spiro atoms. The molecule has 2 aliphatic rings. The zero-order chi connectivity index (χ0) is 21.4. The second kappa shape index (κ2) is 8.08. The summed E-state index contributed by atoms with van der Waals surface area (Å²) in [7, 11) is 6.02. The van der Waals surface area contributed by atoms with Gasteiger partial charge in [0.15, 0.2) is 11.6 Å². The van der Waals surface area contributed by atoms with Crippen LogP contribution in [0.25, 0.3) is 0 Å². The third kappa shape index (κ3) is 3.55. The normalized spacial score (nSPS) is 16.6. The van der Waals surface area contributed by atoms with Gasteiger partial charge in [0.2, 0.25) is 0 Å². The van der Waals surface area contributed by atoms with Gasteiger partial charge in [-0.15, -0.1) is 0 Å². The number of aromatic hydroxyl groups is 1. The van der Waals surface area contributed by atoms with Gasteiger partial charge in [-0.1, -0.05) is 12.1 Å². The van der Waals surface area contributed by atoms with Crippen molar-refractivity contribution in [3.63, 3.8) is 0 Å². The largest absolute Gasteiger partial charge is 0.507 e. The molecule has 1 fully saturated rings. The summed E-state index contributed by atoms with van der Waals surface area (Å²) in [6.45, 7) is 4.78. The maximum atomic E-state index is 13.6. The predicted molar refractivity (Wildman–Crippen MR) is 118 cm³/mol. The van der Waals surface area contributed by atoms with Crippen LogP contribution >= 0.6 is 0 Å². The lowest BCUT2D eigenvalue weighted by molar-refractivity contribution is 0.0977. The van der Waals surface area contributed by atoms with E-state index < -0.39 is 0 Å². The van der Waals surface area contributed by atoms with E-state index in [4.69, 9.17) is 0 Å². The van der Waals surface area contributed by atoms with Crippen LogP contribution in [0.3, 0.4) is 0 Å². The van der Waals surface area contributed by atoms with Crippen molar-refractivity contribution in [2.75, 3.05) is 70.6 Å². The number of nitrogens with zero attached hydrogens (tertiary/aromatic N) is 3. The molecule has 4 rings (SSSR count). The molecule has 1 aliphatic carbocycles. The molecule has 0 unspecified atom stereocenters. The number of anilines is 2. The Kier molecular flexibility index (Phi) is 5.49. The van der Waals surface area contributed by atoms with Crippen molar-refractivity contribution in [3.05, 3.63) is 52.6 Å². The number of hydrogen-bond acceptors (Lipinski definition) is 7. The Morgan fingerprint density at radius 1 is 0.967 bits per heavy atom. The zero-order valence-corrected chi connectivity index (χ0v) is 17.7. The van der Waals surface area contributed by atoms with Gasteiger partial charge >= 0.3 is 0 Å². The van der Waals surface area contributed by atoms with Crippen LogP contribution in [-0.2, 0) is 0 Å². The van der Waals surface area contributed by atoms with Crippen LogP contribution < -0.4 is 10.2 Å². The molecule has 1 saturated heterocycles. The highest BCUT2D eigenvalue weighted by Crippen LogP contribution is 2.40. The van der Waals surface area contributed by atoms with Crippen LogP contribution in [0.4, 0.5) is 11.4 Å². The van der Waals surface area contributed by atoms with Crippen molar-refractivity contribution in [2.45, 2.75) is 0 Å². The van der Waals surface area contributed by atoms with Crippen LogP contribution in [0.2, 0.25) is 0 Å². The molecule has 1 heterocycles. The number of benzene rings is 2. The van der Waals surface area contributed by atoms with Crippen molar-refractivity contribution in [1.82, 2.24) is 9.80 Å². The number of phenols is 1. The first-order valence-corrected chi connectivity index (χ1v) is 10.3. The summed E-state index contributed by atoms with van der Waals surface area (Å²) in [5, 5.41) is 13.8. The van der Waals surface area contributed by atoms with Crippen molar-refractivity contribution in [1.29, 1.82) is 0 Å². The number of piperazine rings is 1. The standard InChI is InChI=1S/C23H28N4O3/c1-25(2)10-9-24-16-7-8-18(28)21-20(16)22(29)15-5-4-6-17(19(15)23(21)30)27-13-11-26(3)12-14-27/h4-8,24,28H,9-14H2,1-3H3. The topological polar surface area (TPSA) is 76.1 Å². The second-order valence-electron chi connectivity index (χ2n) is 8.26. The molecule has 2 aromatic rings. The number of likely N-dealkylation sites (N-methyl/N-ethyl adjacent to an activating group) is 2. The van der Waals surface area contributed by atoms with E-state index >= 15 is 0 Å². The Hall–Kier alpha value is -2.90. The summed E-state index contributed by atoms with van der Waals surface area (Å²) in [5.74, 6) is -0.665. The number of nitrogens with one attached hydrogen (secondary N) is 1. The van der Waals surface area contributed by atoms with Gasteiger partial charge in [0.05, 0.1) is 16.7 Å². The first-order valence-electron chi connectivity index (χ1n) is 10.3. The van der Waals surface area contributed by atoms with E-state index in [2.05, 4.69) is 22.2 Å². The average molecular weight is 409 g/mol. The quantitative estimate of drug-likeness (QED) is 0.625. The van der Waals surface area contributed by atoms with Crippen LogP contribution in [0.5, 0.6) is 5.75 Å². The monoisotopic (exact) mass is 408 g/mol. The summed E-state index contributed by atoms with van der Waals surface area (Å²) >= 11 is 0. The smallest absolute Gasteiger partial charge is 0.200 e. The fourth-order valence-corrected chi connectivity index (χ4v) is 4.16. The Bertz CT molecular complexity index is 994. The van der Waals surface area contributed by atoms with E-state index in [1.807, 2.05) is 31.1 Å². The SMILES string of the molecule is CN(C)CCNc1ccc(O)c2c1C(=O)c1cccc(N3CCN(C)CC3)c1C2=O. The van der Waals surface area contributed by atoms with Gasteiger partial charge in [-0.3, -0.25) is 9.59 Å². The minimum Gasteiger partial charge on any atom is -0.507 e. The second-order valence-corrected chi connectivity index (χ2v) is 8.26. The summed E-state index contributed by atoms with van der Waals surface area (Å²) in [4.78, 5) is 33.5. The fraction of sp³-hybridized carbons (Fsp3) is 0.391. The van der Waals surface area contributed by atoms with Gasteiger partial charge in [0.25, 0.3) is 0 Å².